The highest BCUT2D eigenvalue weighted by molar-refractivity contribution is 9.10. The molecule has 1 aromatic rings. The van der Waals surface area contributed by atoms with Crippen molar-refractivity contribution in [2.75, 3.05) is 26.7 Å². The molecule has 20 heavy (non-hydrogen) atoms. The van der Waals surface area contributed by atoms with Gasteiger partial charge < -0.3 is 19.8 Å². The van der Waals surface area contributed by atoms with Crippen molar-refractivity contribution in [1.82, 2.24) is 4.90 Å². The van der Waals surface area contributed by atoms with E-state index < -0.39 is 6.10 Å². The zero-order valence-electron chi connectivity index (χ0n) is 11.7. The molecule has 0 spiro atoms. The Balaban J connectivity index is 1.66. The molecule has 0 aliphatic heterocycles. The van der Waals surface area contributed by atoms with Crippen molar-refractivity contribution in [2.45, 2.75) is 25.0 Å². The summed E-state index contributed by atoms with van der Waals surface area (Å²) >= 11 is 3.36. The summed E-state index contributed by atoms with van der Waals surface area (Å²) in [4.78, 5) is 1.96. The van der Waals surface area contributed by atoms with Crippen LogP contribution in [0.25, 0.3) is 0 Å². The van der Waals surface area contributed by atoms with Gasteiger partial charge in [-0.05, 0) is 50.1 Å². The second-order valence-corrected chi connectivity index (χ2v) is 6.46. The van der Waals surface area contributed by atoms with E-state index in [1.807, 2.05) is 36.2 Å². The Morgan fingerprint density at radius 2 is 1.90 bits per heavy atom. The van der Waals surface area contributed by atoms with Gasteiger partial charge in [0.25, 0.3) is 0 Å². The Hall–Kier alpha value is -0.620. The van der Waals surface area contributed by atoms with Crippen molar-refractivity contribution < 1.29 is 14.9 Å². The Morgan fingerprint density at radius 3 is 2.50 bits per heavy atom. The second kappa shape index (κ2) is 7.41. The minimum absolute atomic E-state index is 0.255. The molecular formula is C15H22BrNO3. The van der Waals surface area contributed by atoms with Gasteiger partial charge in [-0.15, -0.1) is 0 Å². The van der Waals surface area contributed by atoms with Gasteiger partial charge >= 0.3 is 0 Å². The third kappa shape index (κ3) is 5.40. The largest absolute Gasteiger partial charge is 0.491 e. The number of hydrogen-bond acceptors (Lipinski definition) is 4. The Kier molecular flexibility index (Phi) is 5.84. The van der Waals surface area contributed by atoms with E-state index in [0.29, 0.717) is 19.0 Å². The lowest BCUT2D eigenvalue weighted by atomic mass is 10.2. The van der Waals surface area contributed by atoms with Crippen molar-refractivity contribution in [3.05, 3.63) is 28.7 Å². The van der Waals surface area contributed by atoms with Crippen molar-refractivity contribution in [1.29, 1.82) is 0 Å². The molecule has 0 radical (unpaired) electrons. The van der Waals surface area contributed by atoms with E-state index in [1.54, 1.807) is 0 Å². The molecule has 2 unspecified atom stereocenters. The SMILES string of the molecule is CN(CC(O)COc1ccc(Br)cc1)CC(O)C1CC1. The number of aliphatic hydroxyl groups is 2. The first-order valence-corrected chi connectivity index (χ1v) is 7.77. The second-order valence-electron chi connectivity index (χ2n) is 5.54. The fourth-order valence-electron chi connectivity index (χ4n) is 2.16. The van der Waals surface area contributed by atoms with Gasteiger partial charge in [0.2, 0.25) is 0 Å². The van der Waals surface area contributed by atoms with Crippen molar-refractivity contribution >= 4 is 15.9 Å². The molecule has 0 saturated heterocycles. The molecule has 0 aromatic heterocycles. The standard InChI is InChI=1S/C15H22BrNO3/c1-17(9-15(19)11-2-3-11)8-13(18)10-20-14-6-4-12(16)5-7-14/h4-7,11,13,15,18-19H,2-3,8-10H2,1H3. The van der Waals surface area contributed by atoms with Crippen LogP contribution in [0.4, 0.5) is 0 Å². The van der Waals surface area contributed by atoms with Crippen LogP contribution < -0.4 is 4.74 Å². The van der Waals surface area contributed by atoms with Crippen molar-refractivity contribution in [3.63, 3.8) is 0 Å². The predicted molar refractivity (Wildman–Crippen MR) is 81.9 cm³/mol. The third-order valence-corrected chi connectivity index (χ3v) is 3.97. The summed E-state index contributed by atoms with van der Waals surface area (Å²) in [5.41, 5.74) is 0. The normalized spacial score (nSPS) is 18.1. The molecule has 4 nitrogen and oxygen atoms in total. The van der Waals surface area contributed by atoms with Gasteiger partial charge in [-0.2, -0.15) is 0 Å². The van der Waals surface area contributed by atoms with Crippen LogP contribution in [0.5, 0.6) is 5.75 Å². The summed E-state index contributed by atoms with van der Waals surface area (Å²) in [7, 11) is 1.91. The van der Waals surface area contributed by atoms with Crippen LogP contribution >= 0.6 is 15.9 Å². The lowest BCUT2D eigenvalue weighted by Crippen LogP contribution is -2.38. The highest BCUT2D eigenvalue weighted by Gasteiger charge is 2.30. The smallest absolute Gasteiger partial charge is 0.119 e. The average Bonchev–Trinajstić information content (AvgIpc) is 3.22. The van der Waals surface area contributed by atoms with Crippen LogP contribution in [-0.2, 0) is 0 Å². The maximum atomic E-state index is 9.95. The topological polar surface area (TPSA) is 52.9 Å². The van der Waals surface area contributed by atoms with Crippen LogP contribution in [0.15, 0.2) is 28.7 Å². The highest BCUT2D eigenvalue weighted by atomic mass is 79.9. The molecule has 1 fully saturated rings. The first kappa shape index (κ1) is 15.8. The molecule has 1 aliphatic carbocycles. The minimum atomic E-state index is -0.560. The maximum Gasteiger partial charge on any atom is 0.119 e. The molecule has 0 amide bonds. The van der Waals surface area contributed by atoms with Gasteiger partial charge in [-0.3, -0.25) is 0 Å². The fraction of sp³-hybridized carbons (Fsp3) is 0.600. The molecule has 2 atom stereocenters. The minimum Gasteiger partial charge on any atom is -0.491 e. The number of likely N-dealkylation sites (N-methyl/N-ethyl adjacent to an activating group) is 1. The third-order valence-electron chi connectivity index (χ3n) is 3.44. The van der Waals surface area contributed by atoms with E-state index in [2.05, 4.69) is 15.9 Å². The van der Waals surface area contributed by atoms with E-state index >= 15 is 0 Å². The van der Waals surface area contributed by atoms with Crippen LogP contribution in [-0.4, -0.2) is 54.1 Å². The summed E-state index contributed by atoms with van der Waals surface area (Å²) in [6.07, 6.45) is 1.43. The molecule has 1 aromatic carbocycles. The zero-order chi connectivity index (χ0) is 14.5. The number of ether oxygens (including phenoxy) is 1. The van der Waals surface area contributed by atoms with Crippen molar-refractivity contribution in [2.24, 2.45) is 5.92 Å². The molecule has 2 rings (SSSR count). The maximum absolute atomic E-state index is 9.95. The van der Waals surface area contributed by atoms with Gasteiger partial charge in [-0.25, -0.2) is 0 Å². The monoisotopic (exact) mass is 343 g/mol. The highest BCUT2D eigenvalue weighted by Crippen LogP contribution is 2.32. The summed E-state index contributed by atoms with van der Waals surface area (Å²) in [6, 6.07) is 7.52. The van der Waals surface area contributed by atoms with E-state index in [4.69, 9.17) is 4.74 Å². The quantitative estimate of drug-likeness (QED) is 0.756. The summed E-state index contributed by atoms with van der Waals surface area (Å²) in [5.74, 6) is 1.21. The number of nitrogens with zero attached hydrogens (tertiary/aromatic N) is 1. The Bertz CT molecular complexity index is 408. The first-order valence-electron chi connectivity index (χ1n) is 6.97. The number of aliphatic hydroxyl groups excluding tert-OH is 2. The molecule has 5 heteroatoms. The van der Waals surface area contributed by atoms with Gasteiger partial charge in [0.15, 0.2) is 0 Å². The number of rotatable bonds is 8. The lowest BCUT2D eigenvalue weighted by Gasteiger charge is -2.23. The Morgan fingerprint density at radius 1 is 1.25 bits per heavy atom. The van der Waals surface area contributed by atoms with Crippen LogP contribution in [0.1, 0.15) is 12.8 Å². The molecule has 2 N–H and O–H groups in total. The van der Waals surface area contributed by atoms with Crippen LogP contribution in [0, 0.1) is 5.92 Å². The Labute approximate surface area is 128 Å². The summed E-state index contributed by atoms with van der Waals surface area (Å²) in [5, 5.41) is 19.8. The van der Waals surface area contributed by atoms with Gasteiger partial charge in [-0.1, -0.05) is 15.9 Å². The van der Waals surface area contributed by atoms with Gasteiger partial charge in [0.05, 0.1) is 6.10 Å². The number of halogens is 1. The van der Waals surface area contributed by atoms with Crippen molar-refractivity contribution in [3.8, 4) is 5.75 Å². The molecular weight excluding hydrogens is 322 g/mol. The number of hydrogen-bond donors (Lipinski definition) is 2. The summed E-state index contributed by atoms with van der Waals surface area (Å²) in [6.45, 7) is 1.37. The van der Waals surface area contributed by atoms with E-state index in [1.165, 1.54) is 0 Å². The van der Waals surface area contributed by atoms with Crippen LogP contribution in [0.2, 0.25) is 0 Å². The molecule has 1 aliphatic rings. The number of benzene rings is 1. The van der Waals surface area contributed by atoms with Gasteiger partial charge in [0.1, 0.15) is 18.5 Å². The molecule has 0 heterocycles. The lowest BCUT2D eigenvalue weighted by molar-refractivity contribution is 0.0509. The fourth-order valence-corrected chi connectivity index (χ4v) is 2.42. The van der Waals surface area contributed by atoms with E-state index in [9.17, 15) is 10.2 Å². The molecule has 112 valence electrons. The van der Waals surface area contributed by atoms with Crippen LogP contribution in [0.3, 0.4) is 0 Å². The first-order chi connectivity index (χ1) is 9.54. The van der Waals surface area contributed by atoms with E-state index in [-0.39, 0.29) is 12.7 Å². The van der Waals surface area contributed by atoms with E-state index in [0.717, 1.165) is 23.1 Å². The predicted octanol–water partition coefficient (Wildman–Crippen LogP) is 1.89. The zero-order valence-corrected chi connectivity index (χ0v) is 13.3. The summed E-state index contributed by atoms with van der Waals surface area (Å²) < 4.78 is 6.53. The van der Waals surface area contributed by atoms with Gasteiger partial charge in [0, 0.05) is 17.6 Å². The molecule has 0 bridgehead atoms. The average molecular weight is 344 g/mol. The molecule has 1 saturated carbocycles.